The zero-order valence-electron chi connectivity index (χ0n) is 18.3. The van der Waals surface area contributed by atoms with Crippen molar-refractivity contribution in [2.45, 2.75) is 58.0 Å². The van der Waals surface area contributed by atoms with Crippen LogP contribution in [0.5, 0.6) is 0 Å². The van der Waals surface area contributed by atoms with E-state index in [1.54, 1.807) is 20.8 Å². The Morgan fingerprint density at radius 3 is 2.33 bits per heavy atom. The van der Waals surface area contributed by atoms with Crippen molar-refractivity contribution in [3.63, 3.8) is 0 Å². The van der Waals surface area contributed by atoms with Crippen LogP contribution in [-0.4, -0.2) is 38.8 Å². The van der Waals surface area contributed by atoms with Crippen molar-refractivity contribution < 1.29 is 37.0 Å². The third-order valence-corrected chi connectivity index (χ3v) is 5.32. The van der Waals surface area contributed by atoms with Gasteiger partial charge in [0.05, 0.1) is 27.5 Å². The van der Waals surface area contributed by atoms with Gasteiger partial charge in [0.2, 0.25) is 0 Å². The van der Waals surface area contributed by atoms with Gasteiger partial charge < -0.3 is 9.84 Å². The van der Waals surface area contributed by atoms with Crippen LogP contribution in [0.3, 0.4) is 0 Å². The highest BCUT2D eigenvalue weighted by Crippen LogP contribution is 2.45. The summed E-state index contributed by atoms with van der Waals surface area (Å²) in [6, 6.07) is 4.18. The Labute approximate surface area is 192 Å². The molecule has 2 heterocycles. The molecule has 0 spiro atoms. The monoisotopic (exact) mass is 488 g/mol. The van der Waals surface area contributed by atoms with Crippen molar-refractivity contribution in [2.75, 3.05) is 0 Å². The second-order valence-electron chi connectivity index (χ2n) is 9.07. The van der Waals surface area contributed by atoms with E-state index in [4.69, 9.17) is 16.3 Å². The maximum absolute atomic E-state index is 13.7. The second kappa shape index (κ2) is 7.95. The van der Waals surface area contributed by atoms with Gasteiger partial charge in [-0.1, -0.05) is 11.6 Å². The number of halogens is 5. The van der Waals surface area contributed by atoms with E-state index in [0.29, 0.717) is 0 Å². The average molecular weight is 489 g/mol. The van der Waals surface area contributed by atoms with E-state index in [-0.39, 0.29) is 27.4 Å². The van der Waals surface area contributed by atoms with E-state index < -0.39 is 46.9 Å². The number of amides is 2. The SMILES string of the molecule is CC(C)(C)OC(=O)N1C(=O)c2c(cc(C(O)C(F)(F)F)nc2-c2ccc(F)c(Cl)c2)C1(C)C. The lowest BCUT2D eigenvalue weighted by Gasteiger charge is -2.32. The van der Waals surface area contributed by atoms with E-state index in [2.05, 4.69) is 4.98 Å². The standard InChI is InChI=1S/C22H21ClF4N2O4/c1-20(2,3)33-19(32)29-18(31)15-11(21(29,4)5)9-14(17(30)22(25,26)27)28-16(15)10-6-7-13(24)12(23)8-10/h6-9,17,30H,1-5H3. The van der Waals surface area contributed by atoms with Gasteiger partial charge in [0.15, 0.2) is 6.10 Å². The molecule has 2 amide bonds. The van der Waals surface area contributed by atoms with Crippen molar-refractivity contribution in [3.8, 4) is 11.3 Å². The first-order valence-electron chi connectivity index (χ1n) is 9.78. The highest BCUT2D eigenvalue weighted by Gasteiger charge is 2.51. The third kappa shape index (κ3) is 4.54. The molecule has 1 aromatic carbocycles. The van der Waals surface area contributed by atoms with Gasteiger partial charge in [-0.05, 0) is 64.4 Å². The molecule has 0 aliphatic carbocycles. The van der Waals surface area contributed by atoms with E-state index >= 15 is 0 Å². The summed E-state index contributed by atoms with van der Waals surface area (Å²) in [6.07, 6.45) is -9.01. The number of pyridine rings is 1. The van der Waals surface area contributed by atoms with Crippen LogP contribution in [0.1, 0.15) is 62.3 Å². The largest absolute Gasteiger partial charge is 0.443 e. The maximum atomic E-state index is 13.7. The highest BCUT2D eigenvalue weighted by molar-refractivity contribution is 6.31. The number of aliphatic hydroxyl groups is 1. The molecule has 0 saturated carbocycles. The summed E-state index contributed by atoms with van der Waals surface area (Å²) in [6.45, 7) is 7.68. The van der Waals surface area contributed by atoms with Crippen LogP contribution >= 0.6 is 11.6 Å². The number of hydrogen-bond donors (Lipinski definition) is 1. The number of imide groups is 1. The predicted octanol–water partition coefficient (Wildman–Crippen LogP) is 5.76. The van der Waals surface area contributed by atoms with Crippen molar-refractivity contribution in [3.05, 3.63) is 51.9 Å². The molecule has 1 aromatic heterocycles. The lowest BCUT2D eigenvalue weighted by Crippen LogP contribution is -2.46. The third-order valence-electron chi connectivity index (χ3n) is 5.03. The first-order valence-corrected chi connectivity index (χ1v) is 10.2. The number of aliphatic hydroxyl groups excluding tert-OH is 1. The summed E-state index contributed by atoms with van der Waals surface area (Å²) < 4.78 is 58.9. The van der Waals surface area contributed by atoms with E-state index in [1.165, 1.54) is 19.9 Å². The van der Waals surface area contributed by atoms with Gasteiger partial charge in [0.25, 0.3) is 5.91 Å². The summed E-state index contributed by atoms with van der Waals surface area (Å²) in [7, 11) is 0. The lowest BCUT2D eigenvalue weighted by atomic mass is 9.90. The maximum Gasteiger partial charge on any atom is 0.420 e. The molecule has 1 aliphatic rings. The predicted molar refractivity (Wildman–Crippen MR) is 111 cm³/mol. The first-order chi connectivity index (χ1) is 14.9. The number of alkyl halides is 3. The molecule has 1 aliphatic heterocycles. The van der Waals surface area contributed by atoms with Crippen LogP contribution in [0.15, 0.2) is 24.3 Å². The molecule has 2 aromatic rings. The molecule has 6 nitrogen and oxygen atoms in total. The minimum Gasteiger partial charge on any atom is -0.443 e. The molecule has 178 valence electrons. The number of fused-ring (bicyclic) bond motifs is 1. The van der Waals surface area contributed by atoms with Gasteiger partial charge in [-0.25, -0.2) is 19.1 Å². The molecule has 0 radical (unpaired) electrons. The summed E-state index contributed by atoms with van der Waals surface area (Å²) in [5.74, 6) is -1.65. The molecule has 33 heavy (non-hydrogen) atoms. The van der Waals surface area contributed by atoms with Crippen molar-refractivity contribution in [2.24, 2.45) is 0 Å². The average Bonchev–Trinajstić information content (AvgIpc) is 2.86. The molecule has 3 rings (SSSR count). The quantitative estimate of drug-likeness (QED) is 0.543. The lowest BCUT2D eigenvalue weighted by molar-refractivity contribution is -0.207. The second-order valence-corrected chi connectivity index (χ2v) is 9.48. The van der Waals surface area contributed by atoms with Gasteiger partial charge in [0, 0.05) is 5.56 Å². The molecule has 11 heteroatoms. The van der Waals surface area contributed by atoms with Gasteiger partial charge >= 0.3 is 12.3 Å². The Balaban J connectivity index is 2.29. The van der Waals surface area contributed by atoms with Crippen LogP contribution in [0.4, 0.5) is 22.4 Å². The summed E-state index contributed by atoms with van der Waals surface area (Å²) in [4.78, 5) is 30.9. The zero-order chi connectivity index (χ0) is 25.1. The van der Waals surface area contributed by atoms with Crippen LogP contribution < -0.4 is 0 Å². The minimum atomic E-state index is -5.05. The normalized spacial score (nSPS) is 16.6. The fraction of sp³-hybridized carbons (Fsp3) is 0.409. The van der Waals surface area contributed by atoms with Crippen molar-refractivity contribution in [1.29, 1.82) is 0 Å². The fourth-order valence-corrected chi connectivity index (χ4v) is 3.71. The van der Waals surface area contributed by atoms with E-state index in [9.17, 15) is 32.3 Å². The molecular weight excluding hydrogens is 468 g/mol. The topological polar surface area (TPSA) is 79.7 Å². The Morgan fingerprint density at radius 1 is 1.21 bits per heavy atom. The number of hydrogen-bond acceptors (Lipinski definition) is 5. The first kappa shape index (κ1) is 24.9. The molecule has 0 saturated heterocycles. The van der Waals surface area contributed by atoms with Crippen LogP contribution in [-0.2, 0) is 10.3 Å². The Kier molecular flexibility index (Phi) is 6.00. The molecule has 1 atom stereocenters. The number of carbonyl (C=O) groups excluding carboxylic acids is 2. The Bertz CT molecular complexity index is 1140. The number of ether oxygens (including phenoxy) is 1. The Hall–Kier alpha value is -2.72. The molecule has 0 bridgehead atoms. The summed E-state index contributed by atoms with van der Waals surface area (Å²) >= 11 is 5.83. The van der Waals surface area contributed by atoms with Gasteiger partial charge in [-0.15, -0.1) is 0 Å². The van der Waals surface area contributed by atoms with Gasteiger partial charge in [0.1, 0.15) is 11.4 Å². The number of rotatable bonds is 2. The van der Waals surface area contributed by atoms with E-state index in [1.807, 2.05) is 0 Å². The van der Waals surface area contributed by atoms with Crippen LogP contribution in [0, 0.1) is 5.82 Å². The smallest absolute Gasteiger partial charge is 0.420 e. The van der Waals surface area contributed by atoms with Gasteiger partial charge in [-0.3, -0.25) is 4.79 Å². The zero-order valence-corrected chi connectivity index (χ0v) is 19.1. The molecule has 1 unspecified atom stereocenters. The fourth-order valence-electron chi connectivity index (χ4n) is 3.53. The summed E-state index contributed by atoms with van der Waals surface area (Å²) in [5, 5.41) is 9.51. The number of aromatic nitrogens is 1. The molecular formula is C22H21ClF4N2O4. The van der Waals surface area contributed by atoms with E-state index in [0.717, 1.165) is 23.1 Å². The Morgan fingerprint density at radius 2 is 1.82 bits per heavy atom. The van der Waals surface area contributed by atoms with Crippen LogP contribution in [0.2, 0.25) is 5.02 Å². The number of benzene rings is 1. The minimum absolute atomic E-state index is 0.0158. The van der Waals surface area contributed by atoms with Crippen molar-refractivity contribution >= 4 is 23.6 Å². The number of carbonyl (C=O) groups is 2. The summed E-state index contributed by atoms with van der Waals surface area (Å²) in [5.41, 5.74) is -3.60. The molecule has 1 N–H and O–H groups in total. The number of nitrogens with zero attached hydrogens (tertiary/aromatic N) is 2. The van der Waals surface area contributed by atoms with Crippen LogP contribution in [0.25, 0.3) is 11.3 Å². The van der Waals surface area contributed by atoms with Crippen molar-refractivity contribution in [1.82, 2.24) is 9.88 Å². The van der Waals surface area contributed by atoms with Gasteiger partial charge in [-0.2, -0.15) is 13.2 Å². The highest BCUT2D eigenvalue weighted by atomic mass is 35.5. The molecule has 0 fully saturated rings.